The lowest BCUT2D eigenvalue weighted by Crippen LogP contribution is -2.36. The molecule has 1 N–H and O–H groups in total. The van der Waals surface area contributed by atoms with Crippen LogP contribution in [-0.4, -0.2) is 32.0 Å². The fraction of sp³-hybridized carbons (Fsp3) is 0.167. The zero-order valence-corrected chi connectivity index (χ0v) is 16.0. The highest BCUT2D eigenvalue weighted by molar-refractivity contribution is 7.84. The zero-order valence-electron chi connectivity index (χ0n) is 14.3. The van der Waals surface area contributed by atoms with Gasteiger partial charge in [-0.1, -0.05) is 6.07 Å². The molecule has 1 amide bonds. The van der Waals surface area contributed by atoms with Gasteiger partial charge in [-0.15, -0.1) is 0 Å². The van der Waals surface area contributed by atoms with Crippen LogP contribution in [0.1, 0.15) is 17.0 Å². The molecule has 2 aromatic heterocycles. The Labute approximate surface area is 165 Å². The first kappa shape index (κ1) is 17.3. The third-order valence-corrected chi connectivity index (χ3v) is 6.29. The largest absolute Gasteiger partial charge is 0.451 e. The van der Waals surface area contributed by atoms with E-state index in [1.807, 2.05) is 4.90 Å². The van der Waals surface area contributed by atoms with E-state index >= 15 is 0 Å². The molecule has 1 unspecified atom stereocenters. The lowest BCUT2D eigenvalue weighted by molar-refractivity contribution is 0.0958. The van der Waals surface area contributed by atoms with E-state index in [0.717, 1.165) is 36.9 Å². The van der Waals surface area contributed by atoms with Gasteiger partial charge in [0, 0.05) is 30.9 Å². The number of nitrogens with zero attached hydrogens (tertiary/aromatic N) is 3. The second-order valence-corrected chi connectivity index (χ2v) is 8.09. The molecule has 1 aliphatic heterocycles. The molecule has 3 heterocycles. The number of rotatable bonds is 4. The molecule has 142 valence electrons. The molecule has 0 saturated carbocycles. The zero-order chi connectivity index (χ0) is 19.3. The van der Waals surface area contributed by atoms with E-state index in [2.05, 4.69) is 13.5 Å². The van der Waals surface area contributed by atoms with Crippen molar-refractivity contribution >= 4 is 56.3 Å². The molecular formula is C18H13FN4O3S2. The molecular weight excluding hydrogens is 403 g/mol. The van der Waals surface area contributed by atoms with Gasteiger partial charge in [-0.3, -0.25) is 9.52 Å². The fourth-order valence-corrected chi connectivity index (χ4v) is 4.59. The van der Waals surface area contributed by atoms with Crippen LogP contribution in [0.4, 0.5) is 10.1 Å². The summed E-state index contributed by atoms with van der Waals surface area (Å²) in [5.74, 6) is -1.26. The smallest absolute Gasteiger partial charge is 0.298 e. The van der Waals surface area contributed by atoms with Gasteiger partial charge in [-0.25, -0.2) is 8.60 Å². The Morgan fingerprint density at radius 3 is 2.89 bits per heavy atom. The summed E-state index contributed by atoms with van der Waals surface area (Å²) in [4.78, 5) is 14.9. The third kappa shape index (κ3) is 2.85. The molecule has 0 aliphatic carbocycles. The number of anilines is 1. The predicted octanol–water partition coefficient (Wildman–Crippen LogP) is 3.24. The number of aromatic nitrogens is 2. The normalized spacial score (nSPS) is 15.0. The lowest BCUT2D eigenvalue weighted by Gasteiger charge is -2.33. The van der Waals surface area contributed by atoms with Crippen LogP contribution >= 0.6 is 11.7 Å². The van der Waals surface area contributed by atoms with Crippen molar-refractivity contribution in [3.8, 4) is 0 Å². The lowest BCUT2D eigenvalue weighted by atomic mass is 10.1. The van der Waals surface area contributed by atoms with Crippen LogP contribution in [0.3, 0.4) is 0 Å². The molecule has 28 heavy (non-hydrogen) atoms. The van der Waals surface area contributed by atoms with Gasteiger partial charge in [0.05, 0.1) is 22.0 Å². The van der Waals surface area contributed by atoms with E-state index in [1.165, 1.54) is 12.1 Å². The minimum atomic E-state index is -1.86. The van der Waals surface area contributed by atoms with E-state index in [1.54, 1.807) is 24.3 Å². The maximum absolute atomic E-state index is 14.4. The van der Waals surface area contributed by atoms with Crippen LogP contribution in [0, 0.1) is 5.82 Å². The Hall–Kier alpha value is -2.85. The van der Waals surface area contributed by atoms with Gasteiger partial charge >= 0.3 is 0 Å². The average Bonchev–Trinajstić information content (AvgIpc) is 3.26. The number of nitrogens with one attached hydrogen (secondary N) is 1. The van der Waals surface area contributed by atoms with Gasteiger partial charge in [0.2, 0.25) is 0 Å². The van der Waals surface area contributed by atoms with E-state index in [-0.39, 0.29) is 16.7 Å². The number of carbonyl (C=O) groups is 1. The number of carbonyl (C=O) groups excluding carboxylic acids is 1. The van der Waals surface area contributed by atoms with Crippen molar-refractivity contribution in [3.05, 3.63) is 48.0 Å². The summed E-state index contributed by atoms with van der Waals surface area (Å²) in [5, 5.41) is 0.214. The van der Waals surface area contributed by atoms with Crippen LogP contribution in [-0.2, 0) is 11.0 Å². The maximum atomic E-state index is 14.4. The van der Waals surface area contributed by atoms with Crippen LogP contribution in [0.25, 0.3) is 22.0 Å². The third-order valence-electron chi connectivity index (χ3n) is 4.65. The number of halogens is 1. The van der Waals surface area contributed by atoms with Crippen molar-refractivity contribution in [1.82, 2.24) is 13.5 Å². The van der Waals surface area contributed by atoms with Gasteiger partial charge in [0.25, 0.3) is 5.91 Å². The van der Waals surface area contributed by atoms with Gasteiger partial charge in [0.1, 0.15) is 22.4 Å². The maximum Gasteiger partial charge on any atom is 0.298 e. The molecule has 5 rings (SSSR count). The quantitative estimate of drug-likeness (QED) is 0.550. The topological polar surface area (TPSA) is 88.3 Å². The molecule has 1 fully saturated rings. The fourth-order valence-electron chi connectivity index (χ4n) is 3.07. The van der Waals surface area contributed by atoms with Crippen molar-refractivity contribution in [3.63, 3.8) is 0 Å². The van der Waals surface area contributed by atoms with Crippen molar-refractivity contribution in [1.29, 1.82) is 0 Å². The van der Waals surface area contributed by atoms with Crippen molar-refractivity contribution < 1.29 is 17.8 Å². The highest BCUT2D eigenvalue weighted by Gasteiger charge is 2.22. The number of fused-ring (bicyclic) bond motifs is 2. The first-order valence-corrected chi connectivity index (χ1v) is 10.4. The molecule has 10 heteroatoms. The summed E-state index contributed by atoms with van der Waals surface area (Å²) in [7, 11) is -1.86. The van der Waals surface area contributed by atoms with E-state index in [4.69, 9.17) is 4.42 Å². The minimum Gasteiger partial charge on any atom is -0.451 e. The Morgan fingerprint density at radius 2 is 2.11 bits per heavy atom. The van der Waals surface area contributed by atoms with Crippen molar-refractivity contribution in [2.75, 3.05) is 18.0 Å². The summed E-state index contributed by atoms with van der Waals surface area (Å²) in [6.07, 6.45) is 1.07. The molecule has 0 bridgehead atoms. The van der Waals surface area contributed by atoms with Gasteiger partial charge in [-0.05, 0) is 24.6 Å². The van der Waals surface area contributed by atoms with E-state index in [9.17, 15) is 13.4 Å². The second kappa shape index (κ2) is 6.64. The molecule has 1 atom stereocenters. The summed E-state index contributed by atoms with van der Waals surface area (Å²) in [5.41, 5.74) is 2.09. The average molecular weight is 416 g/mol. The van der Waals surface area contributed by atoms with Gasteiger partial charge < -0.3 is 9.32 Å². The monoisotopic (exact) mass is 416 g/mol. The molecule has 1 saturated heterocycles. The second-order valence-electron chi connectivity index (χ2n) is 6.38. The number of benzene rings is 2. The Kier molecular flexibility index (Phi) is 4.09. The molecule has 0 spiro atoms. The van der Waals surface area contributed by atoms with Gasteiger partial charge in [0.15, 0.2) is 16.7 Å². The molecule has 7 nitrogen and oxygen atoms in total. The standard InChI is InChI=1S/C18H13FN4O3S2/c19-12-7-10(23-5-2-6-23)8-14-11(12)9-15(26-14)18(24)22-28(25)16-4-1-3-13-17(16)21-27-20-13/h1,3-4,7-9H,2,5-6H2,(H,22,24). The highest BCUT2D eigenvalue weighted by Crippen LogP contribution is 2.30. The van der Waals surface area contributed by atoms with E-state index < -0.39 is 22.7 Å². The van der Waals surface area contributed by atoms with Crippen LogP contribution in [0.15, 0.2) is 45.7 Å². The Balaban J connectivity index is 1.43. The molecule has 4 aromatic rings. The first-order chi connectivity index (χ1) is 13.6. The van der Waals surface area contributed by atoms with Crippen molar-refractivity contribution in [2.45, 2.75) is 11.3 Å². The van der Waals surface area contributed by atoms with Crippen molar-refractivity contribution in [2.24, 2.45) is 0 Å². The number of hydrogen-bond donors (Lipinski definition) is 1. The summed E-state index contributed by atoms with van der Waals surface area (Å²) >= 11 is 1.00. The van der Waals surface area contributed by atoms with Crippen LogP contribution in [0.2, 0.25) is 0 Å². The number of hydrogen-bond acceptors (Lipinski definition) is 7. The first-order valence-electron chi connectivity index (χ1n) is 8.52. The molecule has 0 radical (unpaired) electrons. The number of furan rings is 1. The minimum absolute atomic E-state index is 0.105. The molecule has 2 aromatic carbocycles. The summed E-state index contributed by atoms with van der Waals surface area (Å²) in [6.45, 7) is 1.74. The summed E-state index contributed by atoms with van der Waals surface area (Å²) in [6, 6.07) is 9.52. The predicted molar refractivity (Wildman–Crippen MR) is 104 cm³/mol. The van der Waals surface area contributed by atoms with Crippen LogP contribution < -0.4 is 9.62 Å². The Morgan fingerprint density at radius 1 is 1.25 bits per heavy atom. The van der Waals surface area contributed by atoms with Crippen LogP contribution in [0.5, 0.6) is 0 Å². The van der Waals surface area contributed by atoms with E-state index in [0.29, 0.717) is 15.9 Å². The summed E-state index contributed by atoms with van der Waals surface area (Å²) < 4.78 is 43.1. The Bertz CT molecular complexity index is 1250. The molecule has 1 aliphatic rings. The number of amides is 1. The van der Waals surface area contributed by atoms with Gasteiger partial charge in [-0.2, -0.15) is 8.75 Å². The SMILES string of the molecule is O=C(NS(=O)c1cccc2nsnc12)c1cc2c(F)cc(N3CCC3)cc2o1. The highest BCUT2D eigenvalue weighted by atomic mass is 32.2.